The number of urea groups is 1. The number of likely N-dealkylation sites (tertiary alicyclic amines) is 1. The van der Waals surface area contributed by atoms with Crippen LogP contribution in [-0.4, -0.2) is 66.3 Å². The molecule has 1 saturated carbocycles. The van der Waals surface area contributed by atoms with Crippen LogP contribution in [0.4, 0.5) is 10.5 Å². The molecule has 1 aromatic carbocycles. The molecule has 3 fully saturated rings. The first kappa shape index (κ1) is 21.9. The molecule has 7 heteroatoms. The van der Waals surface area contributed by atoms with Crippen LogP contribution >= 0.6 is 0 Å². The van der Waals surface area contributed by atoms with Crippen molar-refractivity contribution in [3.63, 3.8) is 0 Å². The van der Waals surface area contributed by atoms with E-state index in [1.165, 1.54) is 19.3 Å². The van der Waals surface area contributed by atoms with E-state index in [2.05, 4.69) is 15.5 Å². The molecular weight excluding hydrogens is 392 g/mol. The number of amides is 3. The standard InChI is InChI=1S/C24H36N4O3/c29-22-12-16-27(17-13-22)21-8-6-18(7-9-21)23(30)28-14-10-20(11-15-28)26-24(31)25-19-4-2-1-3-5-19/h6-9,19-20,22,29H,1-5,10-17H2,(H2,25,26,31). The summed E-state index contributed by atoms with van der Waals surface area (Å²) in [7, 11) is 0. The normalized spacial score (nSPS) is 21.7. The van der Waals surface area contributed by atoms with Crippen LogP contribution in [0.1, 0.15) is 68.1 Å². The predicted octanol–water partition coefficient (Wildman–Crippen LogP) is 2.88. The molecule has 2 heterocycles. The molecule has 0 aromatic heterocycles. The smallest absolute Gasteiger partial charge is 0.315 e. The highest BCUT2D eigenvalue weighted by molar-refractivity contribution is 5.94. The Labute approximate surface area is 185 Å². The van der Waals surface area contributed by atoms with E-state index in [1.54, 1.807) is 0 Å². The van der Waals surface area contributed by atoms with Crippen LogP contribution < -0.4 is 15.5 Å². The van der Waals surface area contributed by atoms with Gasteiger partial charge in [0, 0.05) is 49.5 Å². The molecule has 7 nitrogen and oxygen atoms in total. The largest absolute Gasteiger partial charge is 0.393 e. The van der Waals surface area contributed by atoms with Gasteiger partial charge in [0.25, 0.3) is 5.91 Å². The van der Waals surface area contributed by atoms with Crippen LogP contribution in [-0.2, 0) is 0 Å². The van der Waals surface area contributed by atoms with E-state index in [9.17, 15) is 14.7 Å². The van der Waals surface area contributed by atoms with Crippen LogP contribution in [0, 0.1) is 0 Å². The average molecular weight is 429 g/mol. The number of nitrogens with zero attached hydrogens (tertiary/aromatic N) is 2. The third-order valence-electron chi connectivity index (χ3n) is 7.00. The zero-order chi connectivity index (χ0) is 21.6. The van der Waals surface area contributed by atoms with Crippen LogP contribution in [0.3, 0.4) is 0 Å². The van der Waals surface area contributed by atoms with Crippen molar-refractivity contribution in [2.24, 2.45) is 0 Å². The lowest BCUT2D eigenvalue weighted by Crippen LogP contribution is -2.51. The number of benzene rings is 1. The number of aliphatic hydroxyl groups is 1. The minimum absolute atomic E-state index is 0.0579. The first-order valence-electron chi connectivity index (χ1n) is 12.0. The summed E-state index contributed by atoms with van der Waals surface area (Å²) in [4.78, 5) is 29.3. The molecule has 3 aliphatic rings. The van der Waals surface area contributed by atoms with E-state index in [0.29, 0.717) is 24.7 Å². The monoisotopic (exact) mass is 428 g/mol. The van der Waals surface area contributed by atoms with Crippen molar-refractivity contribution in [2.45, 2.75) is 76.0 Å². The lowest BCUT2D eigenvalue weighted by atomic mass is 9.96. The first-order valence-corrected chi connectivity index (χ1v) is 12.0. The van der Waals surface area contributed by atoms with Crippen molar-refractivity contribution in [1.82, 2.24) is 15.5 Å². The summed E-state index contributed by atoms with van der Waals surface area (Å²) in [6, 6.07) is 8.22. The fourth-order valence-corrected chi connectivity index (χ4v) is 5.01. The van der Waals surface area contributed by atoms with Crippen LogP contribution in [0.15, 0.2) is 24.3 Å². The third-order valence-corrected chi connectivity index (χ3v) is 7.00. The maximum Gasteiger partial charge on any atom is 0.315 e. The molecule has 0 spiro atoms. The Balaban J connectivity index is 1.22. The van der Waals surface area contributed by atoms with Gasteiger partial charge in [0.05, 0.1) is 6.10 Å². The molecule has 4 rings (SSSR count). The molecule has 3 amide bonds. The van der Waals surface area contributed by atoms with Gasteiger partial charge >= 0.3 is 6.03 Å². The number of anilines is 1. The van der Waals surface area contributed by atoms with Gasteiger partial charge in [-0.1, -0.05) is 19.3 Å². The minimum Gasteiger partial charge on any atom is -0.393 e. The maximum absolute atomic E-state index is 12.9. The number of carbonyl (C=O) groups excluding carboxylic acids is 2. The Hall–Kier alpha value is -2.28. The van der Waals surface area contributed by atoms with E-state index in [4.69, 9.17) is 0 Å². The van der Waals surface area contributed by atoms with Gasteiger partial charge in [-0.3, -0.25) is 4.79 Å². The zero-order valence-corrected chi connectivity index (χ0v) is 18.4. The molecule has 1 aromatic rings. The number of hydrogen-bond donors (Lipinski definition) is 3. The van der Waals surface area contributed by atoms with Gasteiger partial charge in [-0.15, -0.1) is 0 Å². The molecule has 3 N–H and O–H groups in total. The molecule has 31 heavy (non-hydrogen) atoms. The number of piperidine rings is 2. The Kier molecular flexibility index (Phi) is 7.33. The van der Waals surface area contributed by atoms with Gasteiger partial charge in [-0.05, 0) is 62.8 Å². The van der Waals surface area contributed by atoms with Crippen molar-refractivity contribution in [1.29, 1.82) is 0 Å². The van der Waals surface area contributed by atoms with Crippen molar-refractivity contribution in [3.05, 3.63) is 29.8 Å². The molecule has 0 radical (unpaired) electrons. The highest BCUT2D eigenvalue weighted by atomic mass is 16.3. The number of aliphatic hydroxyl groups excluding tert-OH is 1. The van der Waals surface area contributed by atoms with Crippen molar-refractivity contribution < 1.29 is 14.7 Å². The second-order valence-corrected chi connectivity index (χ2v) is 9.28. The minimum atomic E-state index is -0.187. The number of hydrogen-bond acceptors (Lipinski definition) is 4. The highest BCUT2D eigenvalue weighted by Crippen LogP contribution is 2.22. The van der Waals surface area contributed by atoms with Gasteiger partial charge < -0.3 is 25.5 Å². The van der Waals surface area contributed by atoms with Gasteiger partial charge in [0.15, 0.2) is 0 Å². The molecule has 170 valence electrons. The summed E-state index contributed by atoms with van der Waals surface area (Å²) in [5, 5.41) is 15.9. The van der Waals surface area contributed by atoms with E-state index < -0.39 is 0 Å². The van der Waals surface area contributed by atoms with Gasteiger partial charge in [0.2, 0.25) is 0 Å². The molecule has 2 aliphatic heterocycles. The Morgan fingerprint density at radius 2 is 1.35 bits per heavy atom. The summed E-state index contributed by atoms with van der Waals surface area (Å²) in [6.45, 7) is 3.03. The second kappa shape index (κ2) is 10.4. The summed E-state index contributed by atoms with van der Waals surface area (Å²) < 4.78 is 0. The fourth-order valence-electron chi connectivity index (χ4n) is 5.01. The number of nitrogens with one attached hydrogen (secondary N) is 2. The van der Waals surface area contributed by atoms with Gasteiger partial charge in [-0.2, -0.15) is 0 Å². The van der Waals surface area contributed by atoms with Crippen LogP contribution in [0.25, 0.3) is 0 Å². The molecular formula is C24H36N4O3. The van der Waals surface area contributed by atoms with E-state index >= 15 is 0 Å². The van der Waals surface area contributed by atoms with Crippen LogP contribution in [0.5, 0.6) is 0 Å². The quantitative estimate of drug-likeness (QED) is 0.688. The summed E-state index contributed by atoms with van der Waals surface area (Å²) >= 11 is 0. The number of rotatable bonds is 4. The van der Waals surface area contributed by atoms with E-state index in [-0.39, 0.29) is 24.1 Å². The average Bonchev–Trinajstić information content (AvgIpc) is 2.80. The maximum atomic E-state index is 12.9. The molecule has 0 bridgehead atoms. The first-order chi connectivity index (χ1) is 15.1. The van der Waals surface area contributed by atoms with Gasteiger partial charge in [-0.25, -0.2) is 4.79 Å². The Morgan fingerprint density at radius 3 is 1.97 bits per heavy atom. The zero-order valence-electron chi connectivity index (χ0n) is 18.4. The summed E-state index contributed by atoms with van der Waals surface area (Å²) in [6.07, 6.45) is 8.82. The lowest BCUT2D eigenvalue weighted by molar-refractivity contribution is 0.0708. The highest BCUT2D eigenvalue weighted by Gasteiger charge is 2.26. The fraction of sp³-hybridized carbons (Fsp3) is 0.667. The van der Waals surface area contributed by atoms with E-state index in [0.717, 1.165) is 57.3 Å². The van der Waals surface area contributed by atoms with Gasteiger partial charge in [0.1, 0.15) is 0 Å². The van der Waals surface area contributed by atoms with Crippen molar-refractivity contribution in [3.8, 4) is 0 Å². The van der Waals surface area contributed by atoms with E-state index in [1.807, 2.05) is 29.2 Å². The topological polar surface area (TPSA) is 84.9 Å². The Bertz CT molecular complexity index is 732. The lowest BCUT2D eigenvalue weighted by Gasteiger charge is -2.33. The molecule has 0 unspecified atom stereocenters. The van der Waals surface area contributed by atoms with Crippen molar-refractivity contribution >= 4 is 17.6 Å². The van der Waals surface area contributed by atoms with Crippen molar-refractivity contribution in [2.75, 3.05) is 31.1 Å². The molecule has 1 aliphatic carbocycles. The number of carbonyl (C=O) groups is 2. The Morgan fingerprint density at radius 1 is 0.774 bits per heavy atom. The SMILES string of the molecule is O=C(NC1CCCCC1)NC1CCN(C(=O)c2ccc(N3CCC(O)CC3)cc2)CC1. The third kappa shape index (κ3) is 5.91. The van der Waals surface area contributed by atoms with Crippen LogP contribution in [0.2, 0.25) is 0 Å². The molecule has 0 atom stereocenters. The molecule has 2 saturated heterocycles. The predicted molar refractivity (Wildman–Crippen MR) is 121 cm³/mol. The summed E-state index contributed by atoms with van der Waals surface area (Å²) in [5.41, 5.74) is 1.82. The second-order valence-electron chi connectivity index (χ2n) is 9.28. The summed E-state index contributed by atoms with van der Waals surface area (Å²) in [5.74, 6) is 0.0609.